The Balaban J connectivity index is 2.17. The van der Waals surface area contributed by atoms with Gasteiger partial charge in [0.1, 0.15) is 5.75 Å². The Hall–Kier alpha value is -1.51. The molecule has 1 aliphatic rings. The number of nitrogens with zero attached hydrogens (tertiary/aromatic N) is 1. The van der Waals surface area contributed by atoms with E-state index in [9.17, 15) is 4.79 Å². The number of carbonyl (C=O) groups is 1. The zero-order valence-corrected chi connectivity index (χ0v) is 9.06. The number of carbonyl (C=O) groups excluding carboxylic acids is 1. The molecule has 0 saturated carbocycles. The Morgan fingerprint density at radius 1 is 1.47 bits per heavy atom. The van der Waals surface area contributed by atoms with E-state index in [0.29, 0.717) is 6.42 Å². The van der Waals surface area contributed by atoms with Crippen molar-refractivity contribution in [2.75, 3.05) is 13.7 Å². The van der Waals surface area contributed by atoms with Gasteiger partial charge in [-0.05, 0) is 24.6 Å². The molecule has 1 aromatic rings. The van der Waals surface area contributed by atoms with Gasteiger partial charge in [0.05, 0.1) is 13.2 Å². The van der Waals surface area contributed by atoms with Gasteiger partial charge in [0.2, 0.25) is 5.91 Å². The molecule has 1 amide bonds. The van der Waals surface area contributed by atoms with Gasteiger partial charge in [-0.1, -0.05) is 12.1 Å². The maximum Gasteiger partial charge on any atom is 0.224 e. The van der Waals surface area contributed by atoms with Crippen LogP contribution in [0.25, 0.3) is 0 Å². The van der Waals surface area contributed by atoms with E-state index in [4.69, 9.17) is 4.74 Å². The summed E-state index contributed by atoms with van der Waals surface area (Å²) < 4.78 is 5.16. The van der Waals surface area contributed by atoms with E-state index in [1.54, 1.807) is 7.11 Å². The molecule has 0 bridgehead atoms. The fraction of sp³-hybridized carbons (Fsp3) is 0.417. The van der Waals surface area contributed by atoms with Crippen molar-refractivity contribution in [3.8, 4) is 5.75 Å². The first-order chi connectivity index (χ1) is 7.22. The van der Waals surface area contributed by atoms with Crippen LogP contribution in [0.15, 0.2) is 24.3 Å². The molecular formula is C12H15NO2. The van der Waals surface area contributed by atoms with Crippen LogP contribution in [0.2, 0.25) is 0 Å². The number of methoxy groups -OCH3 is 1. The van der Waals surface area contributed by atoms with Crippen LogP contribution in [0.4, 0.5) is 0 Å². The highest BCUT2D eigenvalue weighted by atomic mass is 16.5. The molecule has 0 aliphatic carbocycles. The minimum absolute atomic E-state index is 0.154. The summed E-state index contributed by atoms with van der Waals surface area (Å²) in [5.74, 6) is 1.08. The zero-order valence-electron chi connectivity index (χ0n) is 9.06. The third-order valence-electron chi connectivity index (χ3n) is 2.93. The SMILES string of the molecule is COc1cccc(C(C)N2CCC2=O)c1. The second-order valence-corrected chi connectivity index (χ2v) is 3.79. The number of hydrogen-bond donors (Lipinski definition) is 0. The van der Waals surface area contributed by atoms with E-state index in [0.717, 1.165) is 17.9 Å². The third kappa shape index (κ3) is 1.82. The summed E-state index contributed by atoms with van der Waals surface area (Å²) in [7, 11) is 1.65. The van der Waals surface area contributed by atoms with E-state index in [-0.39, 0.29) is 11.9 Å². The number of hydrogen-bond acceptors (Lipinski definition) is 2. The molecule has 0 radical (unpaired) electrons. The van der Waals surface area contributed by atoms with Gasteiger partial charge in [0.15, 0.2) is 0 Å². The Morgan fingerprint density at radius 3 is 2.80 bits per heavy atom. The summed E-state index contributed by atoms with van der Waals surface area (Å²) in [5, 5.41) is 0. The topological polar surface area (TPSA) is 29.5 Å². The number of likely N-dealkylation sites (tertiary alicyclic amines) is 1. The van der Waals surface area contributed by atoms with Crippen LogP contribution < -0.4 is 4.74 Å². The van der Waals surface area contributed by atoms with Gasteiger partial charge in [-0.3, -0.25) is 4.79 Å². The van der Waals surface area contributed by atoms with Crippen molar-refractivity contribution < 1.29 is 9.53 Å². The van der Waals surface area contributed by atoms with Crippen LogP contribution in [0.5, 0.6) is 5.75 Å². The largest absolute Gasteiger partial charge is 0.497 e. The summed E-state index contributed by atoms with van der Waals surface area (Å²) >= 11 is 0. The quantitative estimate of drug-likeness (QED) is 0.706. The molecule has 80 valence electrons. The lowest BCUT2D eigenvalue weighted by Gasteiger charge is -2.36. The van der Waals surface area contributed by atoms with Crippen LogP contribution in [-0.4, -0.2) is 24.5 Å². The number of β-lactam (4-membered cyclic amide) rings is 1. The normalized spacial score (nSPS) is 17.2. The van der Waals surface area contributed by atoms with Crippen LogP contribution in [0, 0.1) is 0 Å². The van der Waals surface area contributed by atoms with Gasteiger partial charge >= 0.3 is 0 Å². The van der Waals surface area contributed by atoms with E-state index in [2.05, 4.69) is 0 Å². The molecule has 2 rings (SSSR count). The predicted octanol–water partition coefficient (Wildman–Crippen LogP) is 1.99. The molecule has 1 atom stereocenters. The van der Waals surface area contributed by atoms with Gasteiger partial charge in [0, 0.05) is 13.0 Å². The first-order valence-corrected chi connectivity index (χ1v) is 5.16. The highest BCUT2D eigenvalue weighted by Gasteiger charge is 2.29. The third-order valence-corrected chi connectivity index (χ3v) is 2.93. The summed E-state index contributed by atoms with van der Waals surface area (Å²) in [6.07, 6.45) is 0.689. The smallest absolute Gasteiger partial charge is 0.224 e. The standard InChI is InChI=1S/C12H15NO2/c1-9(13-7-6-12(13)14)10-4-3-5-11(8-10)15-2/h3-5,8-9H,6-7H2,1-2H3. The van der Waals surface area contributed by atoms with Crippen molar-refractivity contribution in [3.05, 3.63) is 29.8 Å². The van der Waals surface area contributed by atoms with Gasteiger partial charge in [-0.2, -0.15) is 0 Å². The monoisotopic (exact) mass is 205 g/mol. The van der Waals surface area contributed by atoms with Crippen LogP contribution in [-0.2, 0) is 4.79 Å². The average Bonchev–Trinajstić information content (AvgIpc) is 2.27. The van der Waals surface area contributed by atoms with E-state index < -0.39 is 0 Å². The summed E-state index contributed by atoms with van der Waals surface area (Å²) in [5.41, 5.74) is 1.13. The minimum atomic E-state index is 0.154. The molecule has 0 aromatic heterocycles. The maximum atomic E-state index is 11.3. The van der Waals surface area contributed by atoms with E-state index >= 15 is 0 Å². The Labute approximate surface area is 89.7 Å². The van der Waals surface area contributed by atoms with Gasteiger partial charge in [0.25, 0.3) is 0 Å². The fourth-order valence-corrected chi connectivity index (χ4v) is 1.82. The predicted molar refractivity (Wildman–Crippen MR) is 57.7 cm³/mol. The van der Waals surface area contributed by atoms with Crippen molar-refractivity contribution in [3.63, 3.8) is 0 Å². The van der Waals surface area contributed by atoms with Crippen LogP contribution in [0.1, 0.15) is 24.9 Å². The van der Waals surface area contributed by atoms with Gasteiger partial charge < -0.3 is 9.64 Å². The average molecular weight is 205 g/mol. The molecule has 15 heavy (non-hydrogen) atoms. The van der Waals surface area contributed by atoms with E-state index in [1.807, 2.05) is 36.1 Å². The summed E-state index contributed by atoms with van der Waals surface area (Å²) in [4.78, 5) is 13.2. The number of ether oxygens (including phenoxy) is 1. The van der Waals surface area contributed by atoms with Crippen molar-refractivity contribution in [1.82, 2.24) is 4.90 Å². The molecule has 1 heterocycles. The van der Waals surface area contributed by atoms with Gasteiger partial charge in [-0.15, -0.1) is 0 Å². The first-order valence-electron chi connectivity index (χ1n) is 5.16. The molecule has 1 aromatic carbocycles. The number of benzene rings is 1. The highest BCUT2D eigenvalue weighted by molar-refractivity contribution is 5.82. The number of amides is 1. The van der Waals surface area contributed by atoms with Crippen LogP contribution in [0.3, 0.4) is 0 Å². The molecular weight excluding hydrogens is 190 g/mol. The summed E-state index contributed by atoms with van der Waals surface area (Å²) in [6.45, 7) is 2.92. The summed E-state index contributed by atoms with van der Waals surface area (Å²) in [6, 6.07) is 8.03. The molecule has 0 N–H and O–H groups in total. The Kier molecular flexibility index (Phi) is 2.62. The lowest BCUT2D eigenvalue weighted by atomic mass is 10.0. The lowest BCUT2D eigenvalue weighted by Crippen LogP contribution is -2.44. The molecule has 1 saturated heterocycles. The molecule has 1 fully saturated rings. The van der Waals surface area contributed by atoms with Crippen molar-refractivity contribution >= 4 is 5.91 Å². The zero-order chi connectivity index (χ0) is 10.8. The Morgan fingerprint density at radius 2 is 2.27 bits per heavy atom. The van der Waals surface area contributed by atoms with Crippen molar-refractivity contribution in [2.24, 2.45) is 0 Å². The molecule has 1 unspecified atom stereocenters. The van der Waals surface area contributed by atoms with Crippen molar-refractivity contribution in [1.29, 1.82) is 0 Å². The molecule has 0 spiro atoms. The molecule has 3 nitrogen and oxygen atoms in total. The van der Waals surface area contributed by atoms with E-state index in [1.165, 1.54) is 0 Å². The lowest BCUT2D eigenvalue weighted by molar-refractivity contribution is -0.142. The van der Waals surface area contributed by atoms with Gasteiger partial charge in [-0.25, -0.2) is 0 Å². The fourth-order valence-electron chi connectivity index (χ4n) is 1.82. The van der Waals surface area contributed by atoms with Crippen molar-refractivity contribution in [2.45, 2.75) is 19.4 Å². The molecule has 1 aliphatic heterocycles. The second-order valence-electron chi connectivity index (χ2n) is 3.79. The van der Waals surface area contributed by atoms with Crippen LogP contribution >= 0.6 is 0 Å². The minimum Gasteiger partial charge on any atom is -0.497 e. The highest BCUT2D eigenvalue weighted by Crippen LogP contribution is 2.27. The molecule has 3 heteroatoms. The second kappa shape index (κ2) is 3.93. The number of rotatable bonds is 3. The maximum absolute atomic E-state index is 11.3. The Bertz CT molecular complexity index is 376. The first kappa shape index (κ1) is 10.0.